The molecule has 1 aliphatic heterocycles. The zero-order valence-electron chi connectivity index (χ0n) is 10.7. The van der Waals surface area contributed by atoms with Gasteiger partial charge >= 0.3 is 0 Å². The minimum absolute atomic E-state index is 0.509. The first-order valence-electron chi connectivity index (χ1n) is 6.56. The lowest BCUT2D eigenvalue weighted by molar-refractivity contribution is 0.245. The summed E-state index contributed by atoms with van der Waals surface area (Å²) < 4.78 is 0. The monoisotopic (exact) mass is 252 g/mol. The maximum absolute atomic E-state index is 10.6. The van der Waals surface area contributed by atoms with E-state index >= 15 is 0 Å². The maximum Gasteiger partial charge on any atom is 0.108 e. The van der Waals surface area contributed by atoms with Crippen LogP contribution >= 0.6 is 0 Å². The van der Waals surface area contributed by atoms with Gasteiger partial charge in [-0.15, -0.1) is 4.91 Å². The van der Waals surface area contributed by atoms with E-state index in [1.54, 1.807) is 6.07 Å². The standard InChI is InChI=1S/C16H16N2O/c19-17-16-7-3-4-13(10-16)11-18-9-8-14-5-1-2-6-15(14)12-18/h1-7,10H,8-9,11-12H2. The highest BCUT2D eigenvalue weighted by molar-refractivity contribution is 5.39. The molecular weight excluding hydrogens is 236 g/mol. The van der Waals surface area contributed by atoms with E-state index in [1.807, 2.05) is 12.1 Å². The number of benzene rings is 2. The van der Waals surface area contributed by atoms with Crippen molar-refractivity contribution in [2.24, 2.45) is 5.18 Å². The Kier molecular flexibility index (Phi) is 3.38. The molecule has 0 saturated heterocycles. The molecule has 1 heterocycles. The Morgan fingerprint density at radius 3 is 2.74 bits per heavy atom. The zero-order valence-corrected chi connectivity index (χ0v) is 10.7. The van der Waals surface area contributed by atoms with Gasteiger partial charge < -0.3 is 0 Å². The molecule has 2 aromatic rings. The largest absolute Gasteiger partial charge is 0.294 e. The van der Waals surface area contributed by atoms with Gasteiger partial charge in [0.2, 0.25) is 0 Å². The molecule has 0 aromatic heterocycles. The Bertz CT molecular complexity index is 595. The fourth-order valence-corrected chi connectivity index (χ4v) is 2.66. The maximum atomic E-state index is 10.6. The smallest absolute Gasteiger partial charge is 0.108 e. The van der Waals surface area contributed by atoms with Crippen molar-refractivity contribution < 1.29 is 0 Å². The van der Waals surface area contributed by atoms with Crippen molar-refractivity contribution in [3.8, 4) is 0 Å². The first-order chi connectivity index (χ1) is 9.35. The molecule has 2 aromatic carbocycles. The first-order valence-corrected chi connectivity index (χ1v) is 6.56. The van der Waals surface area contributed by atoms with Crippen LogP contribution in [0, 0.1) is 4.91 Å². The van der Waals surface area contributed by atoms with Crippen molar-refractivity contribution in [2.75, 3.05) is 6.54 Å². The highest BCUT2D eigenvalue weighted by Crippen LogP contribution is 2.21. The van der Waals surface area contributed by atoms with Crippen LogP contribution in [-0.4, -0.2) is 11.4 Å². The van der Waals surface area contributed by atoms with Crippen LogP contribution in [0.25, 0.3) is 0 Å². The van der Waals surface area contributed by atoms with Gasteiger partial charge in [0.05, 0.1) is 0 Å². The molecule has 0 bridgehead atoms. The normalized spacial score (nSPS) is 14.9. The molecule has 96 valence electrons. The summed E-state index contributed by atoms with van der Waals surface area (Å²) in [4.78, 5) is 13.0. The van der Waals surface area contributed by atoms with Crippen LogP contribution in [0.2, 0.25) is 0 Å². The lowest BCUT2D eigenvalue weighted by atomic mass is 9.99. The SMILES string of the molecule is O=Nc1cccc(CN2CCc3ccccc3C2)c1. The van der Waals surface area contributed by atoms with E-state index in [4.69, 9.17) is 0 Å². The summed E-state index contributed by atoms with van der Waals surface area (Å²) in [6.07, 6.45) is 1.10. The number of fused-ring (bicyclic) bond motifs is 1. The third kappa shape index (κ3) is 2.71. The van der Waals surface area contributed by atoms with Gasteiger partial charge in [0.1, 0.15) is 5.69 Å². The van der Waals surface area contributed by atoms with Gasteiger partial charge in [0.25, 0.3) is 0 Å². The minimum atomic E-state index is 0.509. The molecule has 0 radical (unpaired) electrons. The third-order valence-corrected chi connectivity index (χ3v) is 3.63. The molecule has 0 spiro atoms. The summed E-state index contributed by atoms with van der Waals surface area (Å²) in [5.41, 5.74) is 4.53. The van der Waals surface area contributed by atoms with Crippen molar-refractivity contribution in [1.29, 1.82) is 0 Å². The minimum Gasteiger partial charge on any atom is -0.294 e. The van der Waals surface area contributed by atoms with Crippen molar-refractivity contribution in [1.82, 2.24) is 4.90 Å². The fraction of sp³-hybridized carbons (Fsp3) is 0.250. The van der Waals surface area contributed by atoms with Gasteiger partial charge in [-0.05, 0) is 40.4 Å². The lowest BCUT2D eigenvalue weighted by Crippen LogP contribution is -2.29. The van der Waals surface area contributed by atoms with Crippen molar-refractivity contribution in [3.05, 3.63) is 70.1 Å². The summed E-state index contributed by atoms with van der Waals surface area (Å²) in [7, 11) is 0. The summed E-state index contributed by atoms with van der Waals surface area (Å²) in [5, 5.41) is 2.99. The van der Waals surface area contributed by atoms with Crippen LogP contribution in [0.5, 0.6) is 0 Å². The highest BCUT2D eigenvalue weighted by atomic mass is 16.3. The van der Waals surface area contributed by atoms with E-state index in [0.29, 0.717) is 5.69 Å². The van der Waals surface area contributed by atoms with Crippen LogP contribution in [0.1, 0.15) is 16.7 Å². The second-order valence-corrected chi connectivity index (χ2v) is 4.99. The van der Waals surface area contributed by atoms with Crippen LogP contribution in [-0.2, 0) is 19.5 Å². The Hall–Kier alpha value is -2.00. The fourth-order valence-electron chi connectivity index (χ4n) is 2.66. The third-order valence-electron chi connectivity index (χ3n) is 3.63. The van der Waals surface area contributed by atoms with E-state index < -0.39 is 0 Å². The number of rotatable bonds is 3. The predicted molar refractivity (Wildman–Crippen MR) is 76.2 cm³/mol. The lowest BCUT2D eigenvalue weighted by Gasteiger charge is -2.28. The average molecular weight is 252 g/mol. The number of hydrogen-bond acceptors (Lipinski definition) is 3. The molecule has 3 rings (SSSR count). The first kappa shape index (κ1) is 12.1. The molecule has 0 aliphatic carbocycles. The molecule has 0 fully saturated rings. The van der Waals surface area contributed by atoms with Crippen LogP contribution in [0.4, 0.5) is 5.69 Å². The predicted octanol–water partition coefficient (Wildman–Crippen LogP) is 3.64. The molecule has 19 heavy (non-hydrogen) atoms. The molecule has 1 aliphatic rings. The Morgan fingerprint density at radius 2 is 1.89 bits per heavy atom. The average Bonchev–Trinajstić information content (AvgIpc) is 2.47. The quantitative estimate of drug-likeness (QED) is 0.781. The molecular formula is C16H16N2O. The molecule has 3 nitrogen and oxygen atoms in total. The Morgan fingerprint density at radius 1 is 1.05 bits per heavy atom. The molecule has 0 saturated carbocycles. The van der Waals surface area contributed by atoms with E-state index in [9.17, 15) is 4.91 Å². The second-order valence-electron chi connectivity index (χ2n) is 4.99. The van der Waals surface area contributed by atoms with Crippen LogP contribution in [0.15, 0.2) is 53.7 Å². The van der Waals surface area contributed by atoms with Gasteiger partial charge in [0.15, 0.2) is 0 Å². The zero-order chi connectivity index (χ0) is 13.1. The Balaban J connectivity index is 1.73. The second kappa shape index (κ2) is 5.33. The number of nitroso groups, excluding NO2 is 1. The molecule has 0 atom stereocenters. The molecule has 0 amide bonds. The Labute approximate surface area is 112 Å². The van der Waals surface area contributed by atoms with Crippen LogP contribution < -0.4 is 0 Å². The highest BCUT2D eigenvalue weighted by Gasteiger charge is 2.15. The van der Waals surface area contributed by atoms with Gasteiger partial charge in [-0.1, -0.05) is 36.4 Å². The van der Waals surface area contributed by atoms with E-state index in [1.165, 1.54) is 11.1 Å². The number of hydrogen-bond donors (Lipinski definition) is 0. The summed E-state index contributed by atoms with van der Waals surface area (Å²) >= 11 is 0. The summed E-state index contributed by atoms with van der Waals surface area (Å²) in [5.74, 6) is 0. The van der Waals surface area contributed by atoms with Gasteiger partial charge in [-0.2, -0.15) is 0 Å². The molecule has 0 unspecified atom stereocenters. The number of nitrogens with zero attached hydrogens (tertiary/aromatic N) is 2. The van der Waals surface area contributed by atoms with E-state index in [-0.39, 0.29) is 0 Å². The summed E-state index contributed by atoms with van der Waals surface area (Å²) in [6, 6.07) is 16.2. The van der Waals surface area contributed by atoms with Gasteiger partial charge in [0, 0.05) is 19.6 Å². The summed E-state index contributed by atoms with van der Waals surface area (Å²) in [6.45, 7) is 2.92. The van der Waals surface area contributed by atoms with E-state index in [0.717, 1.165) is 31.6 Å². The molecule has 0 N–H and O–H groups in total. The van der Waals surface area contributed by atoms with Crippen molar-refractivity contribution in [2.45, 2.75) is 19.5 Å². The van der Waals surface area contributed by atoms with E-state index in [2.05, 4.69) is 40.4 Å². The van der Waals surface area contributed by atoms with Crippen molar-refractivity contribution in [3.63, 3.8) is 0 Å². The van der Waals surface area contributed by atoms with Crippen LogP contribution in [0.3, 0.4) is 0 Å². The van der Waals surface area contributed by atoms with Gasteiger partial charge in [-0.25, -0.2) is 0 Å². The molecule has 3 heteroatoms. The van der Waals surface area contributed by atoms with Crippen molar-refractivity contribution >= 4 is 5.69 Å². The topological polar surface area (TPSA) is 32.7 Å². The van der Waals surface area contributed by atoms with Gasteiger partial charge in [-0.3, -0.25) is 4.90 Å².